The summed E-state index contributed by atoms with van der Waals surface area (Å²) in [4.78, 5) is 4.14. The number of nitrogens with zero attached hydrogens (tertiary/aromatic N) is 1. The van der Waals surface area contributed by atoms with Gasteiger partial charge in [-0.25, -0.2) is 0 Å². The third-order valence-corrected chi connectivity index (χ3v) is 4.59. The van der Waals surface area contributed by atoms with E-state index < -0.39 is 0 Å². The highest BCUT2D eigenvalue weighted by Crippen LogP contribution is 2.30. The largest absolute Gasteiger partial charge is 0.297 e. The summed E-state index contributed by atoms with van der Waals surface area (Å²) >= 11 is 1.94. The zero-order valence-electron chi connectivity index (χ0n) is 11.3. The van der Waals surface area contributed by atoms with Crippen LogP contribution in [0.15, 0.2) is 21.5 Å². The maximum Gasteiger partial charge on any atom is 0.0203 e. The van der Waals surface area contributed by atoms with E-state index in [-0.39, 0.29) is 0 Å². The molecule has 0 amide bonds. The van der Waals surface area contributed by atoms with Gasteiger partial charge in [0, 0.05) is 19.1 Å². The molecule has 0 aromatic carbocycles. The van der Waals surface area contributed by atoms with Crippen LogP contribution in [0.1, 0.15) is 47.5 Å². The fraction of sp³-hybridized carbons (Fsp3) is 0.714. The SMILES string of the molecule is CCC(C)=CSC1=C(C)CN(C(C)C)CC1. The van der Waals surface area contributed by atoms with E-state index in [1.54, 1.807) is 10.5 Å². The van der Waals surface area contributed by atoms with Crippen LogP contribution in [0.4, 0.5) is 0 Å². The monoisotopic (exact) mass is 239 g/mol. The Morgan fingerprint density at radius 3 is 2.69 bits per heavy atom. The number of hydrogen-bond donors (Lipinski definition) is 0. The second-order valence-electron chi connectivity index (χ2n) is 4.95. The summed E-state index contributed by atoms with van der Waals surface area (Å²) in [5, 5.41) is 2.32. The summed E-state index contributed by atoms with van der Waals surface area (Å²) in [5.74, 6) is 0. The Kier molecular flexibility index (Phi) is 5.63. The highest BCUT2D eigenvalue weighted by Gasteiger charge is 2.17. The van der Waals surface area contributed by atoms with Gasteiger partial charge in [-0.2, -0.15) is 0 Å². The number of rotatable bonds is 4. The van der Waals surface area contributed by atoms with Crippen LogP contribution in [-0.2, 0) is 0 Å². The Hall–Kier alpha value is -0.210. The zero-order valence-corrected chi connectivity index (χ0v) is 12.2. The predicted molar refractivity (Wildman–Crippen MR) is 75.7 cm³/mol. The minimum absolute atomic E-state index is 0.675. The Labute approximate surface area is 105 Å². The maximum absolute atomic E-state index is 2.55. The summed E-state index contributed by atoms with van der Waals surface area (Å²) in [5.41, 5.74) is 3.04. The third kappa shape index (κ3) is 3.99. The van der Waals surface area contributed by atoms with Crippen LogP contribution < -0.4 is 0 Å². The minimum Gasteiger partial charge on any atom is -0.297 e. The molecule has 1 rings (SSSR count). The summed E-state index contributed by atoms with van der Waals surface area (Å²) in [6.45, 7) is 13.7. The van der Waals surface area contributed by atoms with Crippen LogP contribution in [0, 0.1) is 0 Å². The third-order valence-electron chi connectivity index (χ3n) is 3.23. The van der Waals surface area contributed by atoms with E-state index in [9.17, 15) is 0 Å². The van der Waals surface area contributed by atoms with Crippen molar-refractivity contribution in [3.05, 3.63) is 21.5 Å². The van der Waals surface area contributed by atoms with E-state index in [1.807, 2.05) is 11.8 Å². The molecule has 1 aliphatic heterocycles. The highest BCUT2D eigenvalue weighted by molar-refractivity contribution is 8.05. The fourth-order valence-electron chi connectivity index (χ4n) is 1.79. The van der Waals surface area contributed by atoms with Crippen LogP contribution in [0.25, 0.3) is 0 Å². The van der Waals surface area contributed by atoms with Crippen molar-refractivity contribution in [1.29, 1.82) is 0 Å². The first-order valence-electron chi connectivity index (χ1n) is 6.29. The predicted octanol–water partition coefficient (Wildman–Crippen LogP) is 4.42. The van der Waals surface area contributed by atoms with Gasteiger partial charge in [0.1, 0.15) is 0 Å². The van der Waals surface area contributed by atoms with Crippen LogP contribution in [0.2, 0.25) is 0 Å². The molecule has 0 aromatic heterocycles. The molecule has 2 heteroatoms. The summed E-state index contributed by atoms with van der Waals surface area (Å²) in [6.07, 6.45) is 2.39. The van der Waals surface area contributed by atoms with Gasteiger partial charge >= 0.3 is 0 Å². The minimum atomic E-state index is 0.675. The Balaban J connectivity index is 2.59. The second kappa shape index (κ2) is 6.51. The molecular formula is C14H25NS. The van der Waals surface area contributed by atoms with Crippen molar-refractivity contribution in [2.24, 2.45) is 0 Å². The van der Waals surface area contributed by atoms with Gasteiger partial charge in [-0.3, -0.25) is 4.90 Å². The van der Waals surface area contributed by atoms with Crippen molar-refractivity contribution in [3.63, 3.8) is 0 Å². The maximum atomic E-state index is 2.55. The molecule has 1 heterocycles. The lowest BCUT2D eigenvalue weighted by atomic mass is 10.1. The molecule has 0 atom stereocenters. The van der Waals surface area contributed by atoms with Crippen molar-refractivity contribution in [3.8, 4) is 0 Å². The van der Waals surface area contributed by atoms with E-state index in [1.165, 1.54) is 18.5 Å². The summed E-state index contributed by atoms with van der Waals surface area (Å²) in [6, 6.07) is 0.675. The number of allylic oxidation sites excluding steroid dienone is 1. The van der Waals surface area contributed by atoms with Crippen molar-refractivity contribution in [2.45, 2.75) is 53.5 Å². The molecule has 16 heavy (non-hydrogen) atoms. The van der Waals surface area contributed by atoms with Gasteiger partial charge in [0.05, 0.1) is 0 Å². The smallest absolute Gasteiger partial charge is 0.0203 e. The topological polar surface area (TPSA) is 3.24 Å². The van der Waals surface area contributed by atoms with E-state index >= 15 is 0 Å². The molecule has 0 aromatic rings. The van der Waals surface area contributed by atoms with Crippen LogP contribution in [0.3, 0.4) is 0 Å². The second-order valence-corrected chi connectivity index (χ2v) is 5.92. The fourth-order valence-corrected chi connectivity index (χ4v) is 2.77. The molecule has 0 fully saturated rings. The van der Waals surface area contributed by atoms with E-state index in [2.05, 4.69) is 44.9 Å². The first kappa shape index (κ1) is 13.9. The Bertz CT molecular complexity index is 289. The molecular weight excluding hydrogens is 214 g/mol. The average Bonchev–Trinajstić information content (AvgIpc) is 2.26. The van der Waals surface area contributed by atoms with E-state index in [4.69, 9.17) is 0 Å². The quantitative estimate of drug-likeness (QED) is 0.714. The first-order valence-corrected chi connectivity index (χ1v) is 7.17. The molecule has 0 saturated heterocycles. The van der Waals surface area contributed by atoms with Crippen LogP contribution >= 0.6 is 11.8 Å². The van der Waals surface area contributed by atoms with Crippen LogP contribution in [0.5, 0.6) is 0 Å². The van der Waals surface area contributed by atoms with E-state index in [0.717, 1.165) is 13.0 Å². The lowest BCUT2D eigenvalue weighted by Gasteiger charge is -2.32. The summed E-state index contributed by atoms with van der Waals surface area (Å²) < 4.78 is 0. The van der Waals surface area contributed by atoms with Crippen molar-refractivity contribution >= 4 is 11.8 Å². The molecule has 1 nitrogen and oxygen atoms in total. The van der Waals surface area contributed by atoms with Gasteiger partial charge < -0.3 is 0 Å². The van der Waals surface area contributed by atoms with Gasteiger partial charge in [-0.15, -0.1) is 11.8 Å². The van der Waals surface area contributed by atoms with Crippen LogP contribution in [-0.4, -0.2) is 24.0 Å². The van der Waals surface area contributed by atoms with Crippen molar-refractivity contribution in [2.75, 3.05) is 13.1 Å². The molecule has 0 spiro atoms. The number of thioether (sulfide) groups is 1. The molecule has 0 radical (unpaired) electrons. The molecule has 1 aliphatic rings. The van der Waals surface area contributed by atoms with Gasteiger partial charge in [-0.05, 0) is 56.4 Å². The van der Waals surface area contributed by atoms with Gasteiger partial charge in [0.15, 0.2) is 0 Å². The normalized spacial score (nSPS) is 19.8. The van der Waals surface area contributed by atoms with Crippen molar-refractivity contribution < 1.29 is 0 Å². The molecule has 92 valence electrons. The first-order chi connectivity index (χ1) is 7.54. The molecule has 0 aliphatic carbocycles. The molecule has 0 N–H and O–H groups in total. The Morgan fingerprint density at radius 1 is 1.50 bits per heavy atom. The van der Waals surface area contributed by atoms with Gasteiger partial charge in [0.2, 0.25) is 0 Å². The van der Waals surface area contributed by atoms with E-state index in [0.29, 0.717) is 6.04 Å². The lowest BCUT2D eigenvalue weighted by molar-refractivity contribution is 0.235. The Morgan fingerprint density at radius 2 is 2.19 bits per heavy atom. The van der Waals surface area contributed by atoms with Gasteiger partial charge in [0.25, 0.3) is 0 Å². The van der Waals surface area contributed by atoms with Crippen molar-refractivity contribution in [1.82, 2.24) is 4.90 Å². The zero-order chi connectivity index (χ0) is 12.1. The molecule has 0 saturated carbocycles. The molecule has 0 bridgehead atoms. The number of hydrogen-bond acceptors (Lipinski definition) is 2. The lowest BCUT2D eigenvalue weighted by Crippen LogP contribution is -2.36. The standard InChI is InChI=1S/C14H25NS/c1-6-12(4)10-16-14-7-8-15(11(2)3)9-13(14)5/h10-11H,6-9H2,1-5H3. The average molecular weight is 239 g/mol. The van der Waals surface area contributed by atoms with Gasteiger partial charge in [-0.1, -0.05) is 12.5 Å². The molecule has 0 unspecified atom stereocenters. The highest BCUT2D eigenvalue weighted by atomic mass is 32.2. The summed E-state index contributed by atoms with van der Waals surface area (Å²) in [7, 11) is 0.